The van der Waals surface area contributed by atoms with Gasteiger partial charge in [-0.3, -0.25) is 24.2 Å². The van der Waals surface area contributed by atoms with E-state index in [2.05, 4.69) is 25.5 Å². The minimum Gasteiger partial charge on any atom is -0.493 e. The summed E-state index contributed by atoms with van der Waals surface area (Å²) in [4.78, 5) is 48.9. The number of rotatable bonds is 14. The van der Waals surface area contributed by atoms with Gasteiger partial charge in [0.05, 0.1) is 59.4 Å². The first kappa shape index (κ1) is 56.9. The number of carboxylic acids is 1. The highest BCUT2D eigenvalue weighted by atomic mass is 19.4. The second-order valence-electron chi connectivity index (χ2n) is 18.7. The number of benzene rings is 2. The number of likely N-dealkylation sites (tertiary alicyclic amines) is 2. The van der Waals surface area contributed by atoms with Crippen LogP contribution in [0.1, 0.15) is 65.7 Å². The third kappa shape index (κ3) is 15.1. The Morgan fingerprint density at radius 1 is 0.649 bits per heavy atom. The number of methoxy groups -OCH3 is 2. The Balaban J connectivity index is 0.000000190. The van der Waals surface area contributed by atoms with Crippen LogP contribution < -0.4 is 18.9 Å². The number of ether oxygens (including phenoxy) is 9. The van der Waals surface area contributed by atoms with E-state index in [1.165, 1.54) is 44.6 Å². The number of piperidine rings is 2. The van der Waals surface area contributed by atoms with Gasteiger partial charge in [0.25, 0.3) is 5.91 Å². The van der Waals surface area contributed by atoms with E-state index in [1.54, 1.807) is 17.2 Å². The molecule has 0 aliphatic carbocycles. The van der Waals surface area contributed by atoms with Crippen LogP contribution in [0.25, 0.3) is 0 Å². The molecule has 4 aromatic rings. The average Bonchev–Trinajstić information content (AvgIpc) is 4.02. The highest BCUT2D eigenvalue weighted by Gasteiger charge is 2.52. The topological polar surface area (TPSA) is 187 Å². The second-order valence-corrected chi connectivity index (χ2v) is 18.7. The van der Waals surface area contributed by atoms with Crippen molar-refractivity contribution in [3.8, 4) is 23.0 Å². The molecule has 4 unspecified atom stereocenters. The van der Waals surface area contributed by atoms with Crippen molar-refractivity contribution in [3.05, 3.63) is 108 Å². The molecule has 4 aliphatic heterocycles. The van der Waals surface area contributed by atoms with Gasteiger partial charge in [-0.1, -0.05) is 12.1 Å². The molecule has 4 aliphatic rings. The van der Waals surface area contributed by atoms with E-state index in [0.717, 1.165) is 24.2 Å². The number of hydrogen-bond acceptors (Lipinski definition) is 14. The Morgan fingerprint density at radius 2 is 1.11 bits per heavy atom. The van der Waals surface area contributed by atoms with Gasteiger partial charge >= 0.3 is 24.8 Å². The van der Waals surface area contributed by atoms with Gasteiger partial charge in [0, 0.05) is 78.2 Å². The molecule has 4 saturated heterocycles. The van der Waals surface area contributed by atoms with Crippen molar-refractivity contribution in [2.75, 3.05) is 93.3 Å². The number of carbonyl (C=O) groups excluding carboxylic acids is 2. The molecule has 74 heavy (non-hydrogen) atoms. The third-order valence-electron chi connectivity index (χ3n) is 12.8. The molecule has 8 rings (SSSR count). The van der Waals surface area contributed by atoms with Gasteiger partial charge in [0.2, 0.25) is 0 Å². The molecule has 0 saturated carbocycles. The molecule has 23 heteroatoms. The van der Waals surface area contributed by atoms with Gasteiger partial charge in [-0.2, -0.15) is 0 Å². The van der Waals surface area contributed by atoms with Crippen LogP contribution in [0.15, 0.2) is 85.2 Å². The smallest absolute Gasteiger partial charge is 0.493 e. The molecule has 2 amide bonds. The largest absolute Gasteiger partial charge is 0.522 e. The van der Waals surface area contributed by atoms with Gasteiger partial charge in [0.1, 0.15) is 18.8 Å². The minimum atomic E-state index is -4.71. The molecule has 0 radical (unpaired) electrons. The first-order valence-corrected chi connectivity index (χ1v) is 23.6. The molecule has 1 N–H and O–H groups in total. The minimum absolute atomic E-state index is 0.0178. The number of amides is 2. The van der Waals surface area contributed by atoms with Crippen LogP contribution in [0, 0.1) is 11.8 Å². The maximum atomic E-state index is 13.2. The van der Waals surface area contributed by atoms with Crippen LogP contribution in [0.5, 0.6) is 23.0 Å². The van der Waals surface area contributed by atoms with Crippen molar-refractivity contribution in [2.24, 2.45) is 11.8 Å². The molecule has 4 atom stereocenters. The van der Waals surface area contributed by atoms with Crippen molar-refractivity contribution in [1.29, 1.82) is 0 Å². The maximum Gasteiger partial charge on any atom is 0.522 e. The number of alkyl halides is 6. The Kier molecular flexibility index (Phi) is 19.0. The van der Waals surface area contributed by atoms with Crippen LogP contribution in [-0.4, -0.2) is 154 Å². The standard InChI is InChI=1S/C23H25F3N2O5.C17H24N2O3.C11H11F3O5/c1-30-19-12-16(5-6-18(19)32-10-11-33-23(24,25)26)21(29)28-9-7-22(15-31-14-17(22)13-28)20-4-2-3-8-27-20;1-16(2,3)22-15(20)19-9-7-17(12-21-11-13(17)10-19)14-6-4-5-8-18-14;1-17-9-6-7(10(15)16)2-3-8(9)18-4-5-19-11(12,13)14/h2-6,8,12,17H,7,9-11,13-15H2,1H3;4-6,8,13H,7,9-12H2,1-3H3;2-3,6H,4-5H2,1H3,(H,15,16). The molecule has 17 nitrogen and oxygen atoms in total. The summed E-state index contributed by atoms with van der Waals surface area (Å²) in [6, 6.07) is 20.3. The van der Waals surface area contributed by atoms with Gasteiger partial charge in [-0.25, -0.2) is 9.59 Å². The molecule has 2 aromatic heterocycles. The SMILES string of the molecule is CC(C)(C)OC(=O)N1CCC2(c3ccccn3)COCC2C1.COc1cc(C(=O)N2CCC3(c4ccccn4)COCC3C2)ccc1OCCOC(F)(F)F.COc1cc(C(=O)O)ccc1OCCOC(F)(F)F. The van der Waals surface area contributed by atoms with E-state index in [1.807, 2.05) is 62.2 Å². The fraction of sp³-hybridized carbons (Fsp3) is 0.510. The summed E-state index contributed by atoms with van der Waals surface area (Å²) in [6.45, 7) is 8.69. The normalized spacial score (nSPS) is 21.4. The molecule has 2 aromatic carbocycles. The lowest BCUT2D eigenvalue weighted by atomic mass is 9.70. The van der Waals surface area contributed by atoms with Crippen LogP contribution in [0.3, 0.4) is 0 Å². The summed E-state index contributed by atoms with van der Waals surface area (Å²) < 4.78 is 116. The number of aromatic carboxylic acids is 1. The number of halogens is 6. The van der Waals surface area contributed by atoms with E-state index in [0.29, 0.717) is 58.2 Å². The number of carbonyl (C=O) groups is 3. The zero-order valence-corrected chi connectivity index (χ0v) is 41.5. The molecular formula is C51H60F6N4O13. The lowest BCUT2D eigenvalue weighted by Gasteiger charge is -2.42. The van der Waals surface area contributed by atoms with Crippen LogP contribution in [-0.2, 0) is 34.5 Å². The summed E-state index contributed by atoms with van der Waals surface area (Å²) in [5.41, 5.74) is 1.77. The Hall–Kier alpha value is -6.43. The average molecular weight is 1050 g/mol. The Labute approximate surface area is 423 Å². The molecule has 404 valence electrons. The predicted octanol–water partition coefficient (Wildman–Crippen LogP) is 8.35. The predicted molar refractivity (Wildman–Crippen MR) is 251 cm³/mol. The third-order valence-corrected chi connectivity index (χ3v) is 12.8. The van der Waals surface area contributed by atoms with Gasteiger partial charge in [-0.05, 0) is 94.3 Å². The number of fused-ring (bicyclic) bond motifs is 2. The molecule has 4 fully saturated rings. The zero-order chi connectivity index (χ0) is 53.7. The number of aromatic nitrogens is 2. The molecule has 0 spiro atoms. The van der Waals surface area contributed by atoms with Gasteiger partial charge in [0.15, 0.2) is 23.0 Å². The van der Waals surface area contributed by atoms with Crippen LogP contribution >= 0.6 is 0 Å². The van der Waals surface area contributed by atoms with Gasteiger partial charge < -0.3 is 48.1 Å². The van der Waals surface area contributed by atoms with Gasteiger partial charge in [-0.15, -0.1) is 26.3 Å². The van der Waals surface area contributed by atoms with Crippen molar-refractivity contribution in [1.82, 2.24) is 19.8 Å². The molecule has 0 bridgehead atoms. The fourth-order valence-electron chi connectivity index (χ4n) is 9.17. The Morgan fingerprint density at radius 3 is 1.54 bits per heavy atom. The summed E-state index contributed by atoms with van der Waals surface area (Å²) in [7, 11) is 2.70. The van der Waals surface area contributed by atoms with Crippen LogP contribution in [0.2, 0.25) is 0 Å². The summed E-state index contributed by atoms with van der Waals surface area (Å²) >= 11 is 0. The summed E-state index contributed by atoms with van der Waals surface area (Å²) in [5, 5.41) is 8.76. The first-order chi connectivity index (χ1) is 35.1. The van der Waals surface area contributed by atoms with E-state index >= 15 is 0 Å². The molecule has 6 heterocycles. The fourth-order valence-corrected chi connectivity index (χ4v) is 9.17. The maximum absolute atomic E-state index is 13.2. The van der Waals surface area contributed by atoms with Crippen LogP contribution in [0.4, 0.5) is 31.1 Å². The van der Waals surface area contributed by atoms with E-state index in [9.17, 15) is 40.7 Å². The quantitative estimate of drug-likeness (QED) is 0.0937. The summed E-state index contributed by atoms with van der Waals surface area (Å²) in [6.07, 6.45) is -4.42. The molecular weight excluding hydrogens is 991 g/mol. The number of pyridine rings is 2. The van der Waals surface area contributed by atoms with Crippen molar-refractivity contribution in [2.45, 2.75) is 62.8 Å². The second kappa shape index (κ2) is 24.7. The van der Waals surface area contributed by atoms with E-state index < -0.39 is 37.5 Å². The first-order valence-electron chi connectivity index (χ1n) is 23.6. The zero-order valence-electron chi connectivity index (χ0n) is 41.5. The number of hydrogen-bond donors (Lipinski definition) is 1. The monoisotopic (exact) mass is 1050 g/mol. The Bertz CT molecular complexity index is 2480. The summed E-state index contributed by atoms with van der Waals surface area (Å²) in [5.74, 6) is -0.127. The van der Waals surface area contributed by atoms with E-state index in [-0.39, 0.29) is 76.4 Å². The number of carboxylic acid groups (broad SMARTS) is 1. The lowest BCUT2D eigenvalue weighted by molar-refractivity contribution is -0.326. The highest BCUT2D eigenvalue weighted by Crippen LogP contribution is 2.45. The van der Waals surface area contributed by atoms with Crippen molar-refractivity contribution < 1.29 is 88.5 Å². The van der Waals surface area contributed by atoms with Crippen molar-refractivity contribution in [3.63, 3.8) is 0 Å². The van der Waals surface area contributed by atoms with Crippen molar-refractivity contribution >= 4 is 18.0 Å². The highest BCUT2D eigenvalue weighted by molar-refractivity contribution is 5.95. The number of nitrogens with zero attached hydrogens (tertiary/aromatic N) is 4. The van der Waals surface area contributed by atoms with E-state index in [4.69, 9.17) is 38.3 Å². The lowest BCUT2D eigenvalue weighted by Crippen LogP contribution is -2.52.